The van der Waals surface area contributed by atoms with Crippen molar-refractivity contribution in [3.63, 3.8) is 0 Å². The third kappa shape index (κ3) is 2.63. The Morgan fingerprint density at radius 1 is 1.40 bits per heavy atom. The molecular weight excluding hydrogens is 254 g/mol. The van der Waals surface area contributed by atoms with Crippen LogP contribution in [0.4, 0.5) is 0 Å². The SMILES string of the molecule is CC1CCCC(CO)(NCc2cccc3c2OCO3)C1. The molecule has 1 fully saturated rings. The summed E-state index contributed by atoms with van der Waals surface area (Å²) in [5, 5.41) is 13.4. The summed E-state index contributed by atoms with van der Waals surface area (Å²) >= 11 is 0. The molecule has 1 heterocycles. The molecule has 2 N–H and O–H groups in total. The summed E-state index contributed by atoms with van der Waals surface area (Å²) in [6.07, 6.45) is 4.53. The van der Waals surface area contributed by atoms with Crippen LogP contribution in [0.5, 0.6) is 11.5 Å². The van der Waals surface area contributed by atoms with Gasteiger partial charge in [0, 0.05) is 17.6 Å². The van der Waals surface area contributed by atoms with Gasteiger partial charge in [0.25, 0.3) is 0 Å². The molecule has 2 aliphatic rings. The molecule has 1 aromatic carbocycles. The number of nitrogens with one attached hydrogen (secondary N) is 1. The molecule has 0 aromatic heterocycles. The standard InChI is InChI=1S/C16H23NO3/c1-12-4-3-7-16(8-12,10-18)17-9-13-5-2-6-14-15(13)20-11-19-14/h2,5-6,12,17-18H,3-4,7-11H2,1H3. The lowest BCUT2D eigenvalue weighted by Gasteiger charge is -2.39. The molecule has 1 aliphatic heterocycles. The summed E-state index contributed by atoms with van der Waals surface area (Å²) in [4.78, 5) is 0. The van der Waals surface area contributed by atoms with Gasteiger partial charge in [-0.25, -0.2) is 0 Å². The van der Waals surface area contributed by atoms with Crippen molar-refractivity contribution in [1.29, 1.82) is 0 Å². The van der Waals surface area contributed by atoms with Crippen LogP contribution in [-0.4, -0.2) is 24.0 Å². The number of ether oxygens (including phenoxy) is 2. The van der Waals surface area contributed by atoms with Gasteiger partial charge in [-0.15, -0.1) is 0 Å². The van der Waals surface area contributed by atoms with Gasteiger partial charge in [-0.1, -0.05) is 31.9 Å². The van der Waals surface area contributed by atoms with Gasteiger partial charge in [0.15, 0.2) is 11.5 Å². The topological polar surface area (TPSA) is 50.7 Å². The van der Waals surface area contributed by atoms with Crippen LogP contribution in [0.1, 0.15) is 38.2 Å². The van der Waals surface area contributed by atoms with E-state index in [2.05, 4.69) is 18.3 Å². The number of fused-ring (bicyclic) bond motifs is 1. The first-order valence-electron chi connectivity index (χ1n) is 7.46. The first-order valence-corrected chi connectivity index (χ1v) is 7.46. The highest BCUT2D eigenvalue weighted by molar-refractivity contribution is 5.48. The van der Waals surface area contributed by atoms with Gasteiger partial charge < -0.3 is 19.9 Å². The van der Waals surface area contributed by atoms with Crippen molar-refractivity contribution in [3.05, 3.63) is 23.8 Å². The summed E-state index contributed by atoms with van der Waals surface area (Å²) in [5.41, 5.74) is 0.964. The molecule has 3 rings (SSSR count). The number of hydrogen-bond donors (Lipinski definition) is 2. The van der Waals surface area contributed by atoms with E-state index >= 15 is 0 Å². The van der Waals surface area contributed by atoms with E-state index in [1.54, 1.807) is 0 Å². The maximum absolute atomic E-state index is 9.81. The minimum atomic E-state index is -0.139. The zero-order valence-corrected chi connectivity index (χ0v) is 12.0. The van der Waals surface area contributed by atoms with Gasteiger partial charge in [0.2, 0.25) is 6.79 Å². The zero-order valence-electron chi connectivity index (χ0n) is 12.0. The van der Waals surface area contributed by atoms with Crippen LogP contribution < -0.4 is 14.8 Å². The maximum Gasteiger partial charge on any atom is 0.231 e. The Hall–Kier alpha value is -1.26. The van der Waals surface area contributed by atoms with Crippen molar-refractivity contribution in [1.82, 2.24) is 5.32 Å². The van der Waals surface area contributed by atoms with E-state index in [9.17, 15) is 5.11 Å². The largest absolute Gasteiger partial charge is 0.454 e. The number of para-hydroxylation sites is 1. The predicted octanol–water partition coefficient (Wildman–Crippen LogP) is 2.45. The normalized spacial score (nSPS) is 28.6. The lowest BCUT2D eigenvalue weighted by Crippen LogP contribution is -2.51. The van der Waals surface area contributed by atoms with E-state index in [0.717, 1.165) is 29.9 Å². The molecule has 110 valence electrons. The van der Waals surface area contributed by atoms with Gasteiger partial charge >= 0.3 is 0 Å². The molecule has 4 nitrogen and oxygen atoms in total. The molecule has 20 heavy (non-hydrogen) atoms. The second kappa shape index (κ2) is 5.62. The minimum Gasteiger partial charge on any atom is -0.454 e. The van der Waals surface area contributed by atoms with Crippen LogP contribution in [0.15, 0.2) is 18.2 Å². The molecule has 1 aromatic rings. The second-order valence-corrected chi connectivity index (χ2v) is 6.14. The molecule has 2 atom stereocenters. The average Bonchev–Trinajstić information content (AvgIpc) is 2.94. The Bertz CT molecular complexity index is 477. The smallest absolute Gasteiger partial charge is 0.231 e. The van der Waals surface area contributed by atoms with Crippen LogP contribution >= 0.6 is 0 Å². The molecule has 1 aliphatic carbocycles. The maximum atomic E-state index is 9.81. The summed E-state index contributed by atoms with van der Waals surface area (Å²) < 4.78 is 10.9. The number of aliphatic hydroxyl groups excluding tert-OH is 1. The highest BCUT2D eigenvalue weighted by atomic mass is 16.7. The van der Waals surface area contributed by atoms with Crippen molar-refractivity contribution in [3.8, 4) is 11.5 Å². The Balaban J connectivity index is 1.71. The Kier molecular flexibility index (Phi) is 3.85. The predicted molar refractivity (Wildman–Crippen MR) is 76.9 cm³/mol. The van der Waals surface area contributed by atoms with Crippen LogP contribution in [0.3, 0.4) is 0 Å². The van der Waals surface area contributed by atoms with E-state index < -0.39 is 0 Å². The molecule has 0 spiro atoms. The summed E-state index contributed by atoms with van der Waals surface area (Å²) in [6, 6.07) is 5.97. The zero-order chi connectivity index (χ0) is 14.0. The van der Waals surface area contributed by atoms with Crippen molar-refractivity contribution in [2.75, 3.05) is 13.4 Å². The average molecular weight is 277 g/mol. The van der Waals surface area contributed by atoms with Crippen molar-refractivity contribution in [2.24, 2.45) is 5.92 Å². The molecule has 0 radical (unpaired) electrons. The molecule has 0 bridgehead atoms. The molecule has 2 unspecified atom stereocenters. The van der Waals surface area contributed by atoms with Crippen LogP contribution in [0, 0.1) is 5.92 Å². The number of benzene rings is 1. The number of aliphatic hydroxyl groups is 1. The van der Waals surface area contributed by atoms with E-state index in [1.165, 1.54) is 12.8 Å². The highest BCUT2D eigenvalue weighted by Gasteiger charge is 2.34. The van der Waals surface area contributed by atoms with E-state index in [4.69, 9.17) is 9.47 Å². The van der Waals surface area contributed by atoms with Gasteiger partial charge in [-0.2, -0.15) is 0 Å². The fraction of sp³-hybridized carbons (Fsp3) is 0.625. The molecular formula is C16H23NO3. The van der Waals surface area contributed by atoms with Gasteiger partial charge in [-0.05, 0) is 24.8 Å². The highest BCUT2D eigenvalue weighted by Crippen LogP contribution is 2.37. The number of rotatable bonds is 4. The Morgan fingerprint density at radius 3 is 3.10 bits per heavy atom. The monoisotopic (exact) mass is 277 g/mol. The van der Waals surface area contributed by atoms with Crippen LogP contribution in [-0.2, 0) is 6.54 Å². The van der Waals surface area contributed by atoms with E-state index in [1.807, 2.05) is 12.1 Å². The molecule has 4 heteroatoms. The fourth-order valence-electron chi connectivity index (χ4n) is 3.43. The summed E-state index contributed by atoms with van der Waals surface area (Å²) in [7, 11) is 0. The number of hydrogen-bond acceptors (Lipinski definition) is 4. The molecule has 0 saturated heterocycles. The van der Waals surface area contributed by atoms with Gasteiger partial charge in [0.05, 0.1) is 6.61 Å². The van der Waals surface area contributed by atoms with Crippen molar-refractivity contribution < 1.29 is 14.6 Å². The first-order chi connectivity index (χ1) is 9.72. The van der Waals surface area contributed by atoms with Crippen LogP contribution in [0.2, 0.25) is 0 Å². The summed E-state index contributed by atoms with van der Waals surface area (Å²) in [6.45, 7) is 3.47. The van der Waals surface area contributed by atoms with E-state index in [-0.39, 0.29) is 12.1 Å². The Labute approximate surface area is 120 Å². The van der Waals surface area contributed by atoms with Crippen LogP contribution in [0.25, 0.3) is 0 Å². The Morgan fingerprint density at radius 2 is 2.30 bits per heavy atom. The second-order valence-electron chi connectivity index (χ2n) is 6.14. The van der Waals surface area contributed by atoms with Crippen molar-refractivity contribution in [2.45, 2.75) is 44.7 Å². The minimum absolute atomic E-state index is 0.139. The third-order valence-corrected chi connectivity index (χ3v) is 4.53. The van der Waals surface area contributed by atoms with E-state index in [0.29, 0.717) is 19.3 Å². The lowest BCUT2D eigenvalue weighted by atomic mass is 9.76. The van der Waals surface area contributed by atoms with Crippen molar-refractivity contribution >= 4 is 0 Å². The lowest BCUT2D eigenvalue weighted by molar-refractivity contribution is 0.0978. The molecule has 1 saturated carbocycles. The summed E-state index contributed by atoms with van der Waals surface area (Å²) in [5.74, 6) is 2.33. The fourth-order valence-corrected chi connectivity index (χ4v) is 3.43. The third-order valence-electron chi connectivity index (χ3n) is 4.53. The molecule has 0 amide bonds. The van der Waals surface area contributed by atoms with Gasteiger partial charge in [-0.3, -0.25) is 0 Å². The van der Waals surface area contributed by atoms with Gasteiger partial charge in [0.1, 0.15) is 0 Å². The quantitative estimate of drug-likeness (QED) is 0.887. The first kappa shape index (κ1) is 13.7.